The van der Waals surface area contributed by atoms with E-state index in [4.69, 9.17) is 11.6 Å². The second-order valence-electron chi connectivity index (χ2n) is 6.09. The van der Waals surface area contributed by atoms with Gasteiger partial charge in [0.05, 0.1) is 6.54 Å². The van der Waals surface area contributed by atoms with E-state index in [1.165, 1.54) is 6.42 Å². The molecule has 0 aliphatic carbocycles. The maximum absolute atomic E-state index is 12.2. The lowest BCUT2D eigenvalue weighted by Crippen LogP contribution is -2.46. The van der Waals surface area contributed by atoms with Gasteiger partial charge in [0.2, 0.25) is 5.91 Å². The van der Waals surface area contributed by atoms with Crippen LogP contribution in [0.1, 0.15) is 18.4 Å². The highest BCUT2D eigenvalue weighted by atomic mass is 35.5. The summed E-state index contributed by atoms with van der Waals surface area (Å²) in [7, 11) is 0. The first-order chi connectivity index (χ1) is 10.1. The number of nitrogens with one attached hydrogen (secondary N) is 2. The number of rotatable bonds is 3. The molecule has 2 saturated heterocycles. The van der Waals surface area contributed by atoms with Crippen LogP contribution in [0.15, 0.2) is 18.2 Å². The zero-order valence-corrected chi connectivity index (χ0v) is 14.3. The molecular weight excluding hydrogens is 321 g/mol. The van der Waals surface area contributed by atoms with Crippen molar-refractivity contribution in [2.45, 2.75) is 25.8 Å². The molecule has 0 bridgehead atoms. The Morgan fingerprint density at radius 1 is 1.45 bits per heavy atom. The molecule has 3 rings (SSSR count). The average molecular weight is 344 g/mol. The molecule has 0 spiro atoms. The number of fused-ring (bicyclic) bond motifs is 1. The summed E-state index contributed by atoms with van der Waals surface area (Å²) in [6.07, 6.45) is 2.38. The summed E-state index contributed by atoms with van der Waals surface area (Å²) in [6.45, 7) is 5.54. The number of halogens is 2. The van der Waals surface area contributed by atoms with Crippen molar-refractivity contribution in [2.24, 2.45) is 5.92 Å². The van der Waals surface area contributed by atoms with Crippen molar-refractivity contribution in [2.75, 3.05) is 31.5 Å². The Morgan fingerprint density at radius 3 is 3.09 bits per heavy atom. The fraction of sp³-hybridized carbons (Fsp3) is 0.562. The van der Waals surface area contributed by atoms with E-state index in [0.717, 1.165) is 37.3 Å². The first-order valence-electron chi connectivity index (χ1n) is 7.64. The zero-order valence-electron chi connectivity index (χ0n) is 12.8. The van der Waals surface area contributed by atoms with Crippen LogP contribution in [0.5, 0.6) is 0 Å². The Labute approximate surface area is 143 Å². The number of benzene rings is 1. The van der Waals surface area contributed by atoms with Crippen molar-refractivity contribution in [1.82, 2.24) is 10.2 Å². The van der Waals surface area contributed by atoms with E-state index in [1.54, 1.807) is 0 Å². The van der Waals surface area contributed by atoms with Crippen LogP contribution >= 0.6 is 24.0 Å². The largest absolute Gasteiger partial charge is 0.325 e. The van der Waals surface area contributed by atoms with Gasteiger partial charge in [-0.1, -0.05) is 17.7 Å². The van der Waals surface area contributed by atoms with Gasteiger partial charge >= 0.3 is 0 Å². The van der Waals surface area contributed by atoms with Crippen molar-refractivity contribution >= 4 is 35.6 Å². The minimum Gasteiger partial charge on any atom is -0.325 e. The van der Waals surface area contributed by atoms with Crippen molar-refractivity contribution in [3.05, 3.63) is 28.8 Å². The fourth-order valence-electron chi connectivity index (χ4n) is 3.40. The number of piperidine rings is 1. The number of nitrogens with zero attached hydrogens (tertiary/aromatic N) is 1. The molecular formula is C16H23Cl2N3O. The van der Waals surface area contributed by atoms with E-state index >= 15 is 0 Å². The van der Waals surface area contributed by atoms with E-state index in [-0.39, 0.29) is 18.3 Å². The highest BCUT2D eigenvalue weighted by molar-refractivity contribution is 6.31. The molecule has 22 heavy (non-hydrogen) atoms. The average Bonchev–Trinajstić information content (AvgIpc) is 2.91. The molecule has 2 heterocycles. The zero-order chi connectivity index (χ0) is 14.8. The number of hydrogen-bond acceptors (Lipinski definition) is 3. The Hall–Kier alpha value is -0.810. The molecule has 1 aromatic rings. The van der Waals surface area contributed by atoms with Gasteiger partial charge in [-0.25, -0.2) is 0 Å². The van der Waals surface area contributed by atoms with Crippen molar-refractivity contribution in [1.29, 1.82) is 0 Å². The van der Waals surface area contributed by atoms with E-state index in [0.29, 0.717) is 23.5 Å². The number of carbonyl (C=O) groups is 1. The van der Waals surface area contributed by atoms with Crippen molar-refractivity contribution < 1.29 is 4.79 Å². The lowest BCUT2D eigenvalue weighted by molar-refractivity contribution is -0.117. The van der Waals surface area contributed by atoms with Gasteiger partial charge in [0, 0.05) is 29.8 Å². The number of anilines is 1. The molecule has 2 aliphatic rings. The molecule has 1 amide bonds. The molecule has 0 saturated carbocycles. The molecule has 2 aliphatic heterocycles. The molecule has 122 valence electrons. The molecule has 6 heteroatoms. The summed E-state index contributed by atoms with van der Waals surface area (Å²) < 4.78 is 0. The van der Waals surface area contributed by atoms with Gasteiger partial charge in [-0.05, 0) is 49.9 Å². The third-order valence-corrected chi connectivity index (χ3v) is 5.06. The number of amides is 1. The third-order valence-electron chi connectivity index (χ3n) is 4.65. The lowest BCUT2D eigenvalue weighted by atomic mass is 9.93. The van der Waals surface area contributed by atoms with Crippen LogP contribution in [0.2, 0.25) is 5.02 Å². The maximum Gasteiger partial charge on any atom is 0.238 e. The van der Waals surface area contributed by atoms with E-state index in [9.17, 15) is 4.79 Å². The molecule has 2 unspecified atom stereocenters. The number of carbonyl (C=O) groups excluding carboxylic acids is 1. The summed E-state index contributed by atoms with van der Waals surface area (Å²) in [5, 5.41) is 7.21. The van der Waals surface area contributed by atoms with Gasteiger partial charge in [-0.15, -0.1) is 12.4 Å². The van der Waals surface area contributed by atoms with Crippen LogP contribution in [0.4, 0.5) is 5.69 Å². The molecule has 0 radical (unpaired) electrons. The van der Waals surface area contributed by atoms with Crippen molar-refractivity contribution in [3.63, 3.8) is 0 Å². The molecule has 2 atom stereocenters. The Balaban J connectivity index is 0.00000176. The fourth-order valence-corrected chi connectivity index (χ4v) is 3.58. The van der Waals surface area contributed by atoms with E-state index in [2.05, 4.69) is 15.5 Å². The van der Waals surface area contributed by atoms with Gasteiger partial charge in [-0.3, -0.25) is 9.69 Å². The van der Waals surface area contributed by atoms with Crippen LogP contribution in [0.25, 0.3) is 0 Å². The smallest absolute Gasteiger partial charge is 0.238 e. The monoisotopic (exact) mass is 343 g/mol. The summed E-state index contributed by atoms with van der Waals surface area (Å²) in [4.78, 5) is 14.5. The van der Waals surface area contributed by atoms with Gasteiger partial charge < -0.3 is 10.6 Å². The predicted molar refractivity (Wildman–Crippen MR) is 93.0 cm³/mol. The first kappa shape index (κ1) is 17.5. The predicted octanol–water partition coefficient (Wildman–Crippen LogP) is 2.69. The molecule has 1 aromatic carbocycles. The van der Waals surface area contributed by atoms with Gasteiger partial charge in [0.25, 0.3) is 0 Å². The summed E-state index contributed by atoms with van der Waals surface area (Å²) in [5.41, 5.74) is 1.73. The van der Waals surface area contributed by atoms with E-state index in [1.807, 2.05) is 25.1 Å². The Morgan fingerprint density at radius 2 is 2.27 bits per heavy atom. The maximum atomic E-state index is 12.2. The number of hydrogen-bond donors (Lipinski definition) is 2. The summed E-state index contributed by atoms with van der Waals surface area (Å²) in [5.74, 6) is 0.754. The minimum atomic E-state index is 0. The van der Waals surface area contributed by atoms with Gasteiger partial charge in [-0.2, -0.15) is 0 Å². The second kappa shape index (κ2) is 7.64. The lowest BCUT2D eigenvalue weighted by Gasteiger charge is -2.34. The summed E-state index contributed by atoms with van der Waals surface area (Å²) in [6, 6.07) is 6.26. The van der Waals surface area contributed by atoms with Crippen LogP contribution in [-0.2, 0) is 4.79 Å². The van der Waals surface area contributed by atoms with Crippen LogP contribution < -0.4 is 10.6 Å². The van der Waals surface area contributed by atoms with E-state index < -0.39 is 0 Å². The highest BCUT2D eigenvalue weighted by Gasteiger charge is 2.32. The molecule has 4 nitrogen and oxygen atoms in total. The first-order valence-corrected chi connectivity index (χ1v) is 8.02. The van der Waals surface area contributed by atoms with Gasteiger partial charge in [0.1, 0.15) is 0 Å². The minimum absolute atomic E-state index is 0. The normalized spacial score (nSPS) is 24.5. The van der Waals surface area contributed by atoms with Crippen LogP contribution in [-0.4, -0.2) is 43.0 Å². The Bertz CT molecular complexity index is 538. The Kier molecular flexibility index (Phi) is 6.09. The SMILES string of the molecule is Cc1c(Cl)cccc1NC(=O)CN1CCC2NCCC2C1.Cl. The van der Waals surface area contributed by atoms with Crippen LogP contribution in [0.3, 0.4) is 0 Å². The van der Waals surface area contributed by atoms with Crippen molar-refractivity contribution in [3.8, 4) is 0 Å². The third kappa shape index (κ3) is 3.93. The summed E-state index contributed by atoms with van der Waals surface area (Å²) >= 11 is 6.08. The molecule has 2 N–H and O–H groups in total. The second-order valence-corrected chi connectivity index (χ2v) is 6.50. The quantitative estimate of drug-likeness (QED) is 0.886. The van der Waals surface area contributed by atoms with Crippen LogP contribution in [0, 0.1) is 12.8 Å². The number of likely N-dealkylation sites (tertiary alicyclic amines) is 1. The molecule has 2 fully saturated rings. The van der Waals surface area contributed by atoms with Gasteiger partial charge in [0.15, 0.2) is 0 Å². The highest BCUT2D eigenvalue weighted by Crippen LogP contribution is 2.25. The molecule has 0 aromatic heterocycles. The standard InChI is InChI=1S/C16H22ClN3O.ClH/c1-11-13(17)3-2-4-14(11)19-16(21)10-20-8-6-15-12(9-20)5-7-18-15;/h2-4,12,15,18H,5-10H2,1H3,(H,19,21);1H. The topological polar surface area (TPSA) is 44.4 Å².